The van der Waals surface area contributed by atoms with Gasteiger partial charge in [0.25, 0.3) is 0 Å². The van der Waals surface area contributed by atoms with E-state index >= 15 is 0 Å². The molecule has 90 valence electrons. The lowest BCUT2D eigenvalue weighted by atomic mass is 10.1. The van der Waals surface area contributed by atoms with Crippen molar-refractivity contribution in [3.05, 3.63) is 37.2 Å². The highest BCUT2D eigenvalue weighted by Crippen LogP contribution is 2.26. The second-order valence-corrected chi connectivity index (χ2v) is 5.80. The molecule has 0 N–H and O–H groups in total. The highest BCUT2D eigenvalue weighted by molar-refractivity contribution is 9.10. The zero-order valence-electron chi connectivity index (χ0n) is 9.33. The van der Waals surface area contributed by atoms with Gasteiger partial charge in [0.15, 0.2) is 5.78 Å². The van der Waals surface area contributed by atoms with Crippen LogP contribution in [0.3, 0.4) is 0 Å². The molecule has 0 aromatic carbocycles. The minimum atomic E-state index is 0.0601. The zero-order chi connectivity index (χ0) is 12.6. The third-order valence-corrected chi connectivity index (χ3v) is 4.83. The van der Waals surface area contributed by atoms with Crippen LogP contribution in [0.2, 0.25) is 5.15 Å². The van der Waals surface area contributed by atoms with Gasteiger partial charge in [-0.25, -0.2) is 0 Å². The largest absolute Gasteiger partial charge is 0.293 e. The molecule has 0 aliphatic heterocycles. The van der Waals surface area contributed by atoms with E-state index in [0.29, 0.717) is 5.15 Å². The molecule has 2 rings (SSSR count). The Balaban J connectivity index is 2.28. The summed E-state index contributed by atoms with van der Waals surface area (Å²) in [4.78, 5) is 12.8. The Morgan fingerprint density at radius 2 is 2.35 bits per heavy atom. The molecule has 0 unspecified atom stereocenters. The van der Waals surface area contributed by atoms with Crippen molar-refractivity contribution in [2.75, 3.05) is 0 Å². The molecule has 0 saturated heterocycles. The highest BCUT2D eigenvalue weighted by atomic mass is 79.9. The Hall–Kier alpha value is -0.650. The number of aryl methyl sites for hydroxylation is 2. The van der Waals surface area contributed by atoms with Crippen LogP contribution in [0.1, 0.15) is 20.9 Å². The summed E-state index contributed by atoms with van der Waals surface area (Å²) in [5, 5.41) is 6.61. The highest BCUT2D eigenvalue weighted by Gasteiger charge is 2.18. The Labute approximate surface area is 117 Å². The predicted molar refractivity (Wildman–Crippen MR) is 73.0 cm³/mol. The van der Waals surface area contributed by atoms with Crippen molar-refractivity contribution < 1.29 is 4.79 Å². The van der Waals surface area contributed by atoms with Gasteiger partial charge in [0.05, 0.1) is 10.6 Å². The first-order valence-electron chi connectivity index (χ1n) is 4.95. The average Bonchev–Trinajstić information content (AvgIpc) is 2.78. The molecule has 6 heteroatoms. The fourth-order valence-electron chi connectivity index (χ4n) is 1.61. The number of carbonyl (C=O) groups excluding carboxylic acids is 1. The quantitative estimate of drug-likeness (QED) is 0.804. The molecule has 2 heterocycles. The molecule has 0 atom stereocenters. The number of rotatable bonds is 3. The van der Waals surface area contributed by atoms with Crippen molar-refractivity contribution in [2.24, 2.45) is 7.05 Å². The van der Waals surface area contributed by atoms with E-state index in [1.807, 2.05) is 18.4 Å². The van der Waals surface area contributed by atoms with Crippen LogP contribution in [0.25, 0.3) is 0 Å². The number of ketones is 1. The average molecular weight is 334 g/mol. The van der Waals surface area contributed by atoms with Crippen LogP contribution in [0.4, 0.5) is 0 Å². The summed E-state index contributed by atoms with van der Waals surface area (Å²) in [5.74, 6) is 0.0601. The van der Waals surface area contributed by atoms with Gasteiger partial charge in [0.2, 0.25) is 0 Å². The van der Waals surface area contributed by atoms with Gasteiger partial charge in [-0.3, -0.25) is 9.48 Å². The van der Waals surface area contributed by atoms with Gasteiger partial charge in [0.1, 0.15) is 5.15 Å². The fourth-order valence-corrected chi connectivity index (χ4v) is 3.38. The Morgan fingerprint density at radius 1 is 1.65 bits per heavy atom. The minimum Gasteiger partial charge on any atom is -0.293 e. The number of carbonyl (C=O) groups is 1. The van der Waals surface area contributed by atoms with Crippen molar-refractivity contribution in [1.82, 2.24) is 9.78 Å². The number of hydrogen-bond donors (Lipinski definition) is 0. The summed E-state index contributed by atoms with van der Waals surface area (Å²) < 4.78 is 2.42. The maximum Gasteiger partial charge on any atom is 0.178 e. The van der Waals surface area contributed by atoms with Gasteiger partial charge in [0, 0.05) is 23.5 Å². The summed E-state index contributed by atoms with van der Waals surface area (Å²) >= 11 is 10.9. The number of halogens is 2. The van der Waals surface area contributed by atoms with E-state index in [0.717, 1.165) is 20.6 Å². The van der Waals surface area contributed by atoms with Gasteiger partial charge in [-0.2, -0.15) is 5.10 Å². The maximum atomic E-state index is 12.1. The van der Waals surface area contributed by atoms with E-state index in [1.165, 1.54) is 11.3 Å². The van der Waals surface area contributed by atoms with Crippen LogP contribution in [0.5, 0.6) is 0 Å². The second-order valence-electron chi connectivity index (χ2n) is 3.68. The van der Waals surface area contributed by atoms with Crippen molar-refractivity contribution in [1.29, 1.82) is 0 Å². The third-order valence-electron chi connectivity index (χ3n) is 2.48. The molecule has 0 bridgehead atoms. The molecule has 3 nitrogen and oxygen atoms in total. The van der Waals surface area contributed by atoms with Gasteiger partial charge in [-0.15, -0.1) is 11.3 Å². The lowest BCUT2D eigenvalue weighted by Gasteiger charge is -1.99. The van der Waals surface area contributed by atoms with Gasteiger partial charge < -0.3 is 0 Å². The molecule has 2 aromatic heterocycles. The van der Waals surface area contributed by atoms with E-state index in [2.05, 4.69) is 21.0 Å². The van der Waals surface area contributed by atoms with Gasteiger partial charge in [-0.05, 0) is 34.3 Å². The van der Waals surface area contributed by atoms with Crippen LogP contribution in [0, 0.1) is 6.92 Å². The van der Waals surface area contributed by atoms with E-state index in [9.17, 15) is 4.79 Å². The predicted octanol–water partition coefficient (Wildman–Crippen LogP) is 3.63. The lowest BCUT2D eigenvalue weighted by Crippen LogP contribution is -2.03. The SMILES string of the molecule is Cc1nn(C)c(Cl)c1CC(=O)c1sccc1Br. The van der Waals surface area contributed by atoms with Crippen LogP contribution in [-0.2, 0) is 13.5 Å². The van der Waals surface area contributed by atoms with Gasteiger partial charge >= 0.3 is 0 Å². The molecule has 0 radical (unpaired) electrons. The lowest BCUT2D eigenvalue weighted by molar-refractivity contribution is 0.0996. The standard InChI is InChI=1S/C11H10BrClN2OS/c1-6-7(11(13)15(2)14-6)5-9(16)10-8(12)3-4-17-10/h3-4H,5H2,1-2H3. The molecule has 0 aliphatic rings. The molecular formula is C11H10BrClN2OS. The Bertz CT molecular complexity index is 576. The molecule has 2 aromatic rings. The summed E-state index contributed by atoms with van der Waals surface area (Å²) in [6.07, 6.45) is 0.289. The summed E-state index contributed by atoms with van der Waals surface area (Å²) in [6.45, 7) is 1.86. The van der Waals surface area contributed by atoms with Crippen molar-refractivity contribution in [3.63, 3.8) is 0 Å². The first-order chi connectivity index (χ1) is 8.00. The smallest absolute Gasteiger partial charge is 0.178 e. The second kappa shape index (κ2) is 4.92. The van der Waals surface area contributed by atoms with Crippen molar-refractivity contribution in [2.45, 2.75) is 13.3 Å². The number of Topliss-reactive ketones (excluding diaryl/α,β-unsaturated/α-hetero) is 1. The number of nitrogens with zero attached hydrogens (tertiary/aromatic N) is 2. The Kier molecular flexibility index (Phi) is 3.70. The molecular weight excluding hydrogens is 324 g/mol. The fraction of sp³-hybridized carbons (Fsp3) is 0.273. The van der Waals surface area contributed by atoms with E-state index in [-0.39, 0.29) is 12.2 Å². The monoisotopic (exact) mass is 332 g/mol. The molecule has 0 amide bonds. The van der Waals surface area contributed by atoms with E-state index in [1.54, 1.807) is 11.7 Å². The first kappa shape index (κ1) is 12.8. The van der Waals surface area contributed by atoms with Gasteiger partial charge in [-0.1, -0.05) is 11.6 Å². The number of aromatic nitrogens is 2. The van der Waals surface area contributed by atoms with Crippen LogP contribution in [0.15, 0.2) is 15.9 Å². The van der Waals surface area contributed by atoms with E-state index in [4.69, 9.17) is 11.6 Å². The van der Waals surface area contributed by atoms with Crippen LogP contribution in [-0.4, -0.2) is 15.6 Å². The Morgan fingerprint density at radius 3 is 2.82 bits per heavy atom. The minimum absolute atomic E-state index is 0.0601. The number of hydrogen-bond acceptors (Lipinski definition) is 3. The summed E-state index contributed by atoms with van der Waals surface area (Å²) in [7, 11) is 1.77. The first-order valence-corrected chi connectivity index (χ1v) is 7.00. The zero-order valence-corrected chi connectivity index (χ0v) is 12.5. The topological polar surface area (TPSA) is 34.9 Å². The maximum absolute atomic E-state index is 12.1. The van der Waals surface area contributed by atoms with Crippen molar-refractivity contribution in [3.8, 4) is 0 Å². The van der Waals surface area contributed by atoms with Crippen LogP contribution < -0.4 is 0 Å². The molecule has 0 fully saturated rings. The molecule has 0 spiro atoms. The summed E-state index contributed by atoms with van der Waals surface area (Å²) in [5.41, 5.74) is 1.61. The molecule has 0 saturated carbocycles. The summed E-state index contributed by atoms with van der Waals surface area (Å²) in [6, 6.07) is 1.87. The number of thiophene rings is 1. The molecule has 17 heavy (non-hydrogen) atoms. The third kappa shape index (κ3) is 2.46. The van der Waals surface area contributed by atoms with E-state index < -0.39 is 0 Å². The van der Waals surface area contributed by atoms with Crippen molar-refractivity contribution >= 4 is 44.7 Å². The normalized spacial score (nSPS) is 10.8. The van der Waals surface area contributed by atoms with Crippen LogP contribution >= 0.6 is 38.9 Å². The molecule has 0 aliphatic carbocycles.